The molecule has 0 aromatic carbocycles. The normalized spacial score (nSPS) is 23.4. The molecule has 10 aliphatic rings. The number of aromatic nitrogens is 8. The highest BCUT2D eigenvalue weighted by atomic mass is 35.5. The number of H-pyrrole nitrogens is 2. The number of aliphatic carboxylic acids is 2. The number of halogens is 2. The summed E-state index contributed by atoms with van der Waals surface area (Å²) in [5, 5.41) is 75.5. The first-order chi connectivity index (χ1) is 59.6. The van der Waals surface area contributed by atoms with Crippen LogP contribution >= 0.6 is 24.0 Å². The summed E-state index contributed by atoms with van der Waals surface area (Å²) < 4.78 is 58.2. The van der Waals surface area contributed by atoms with Gasteiger partial charge in [-0.25, -0.2) is 48.5 Å². The Kier molecular flexibility index (Phi) is 40.8. The second-order valence-corrected chi connectivity index (χ2v) is 35.9. The van der Waals surface area contributed by atoms with Crippen molar-refractivity contribution in [3.05, 3.63) is 51.3 Å². The Bertz CT molecular complexity index is 4310. The Morgan fingerprint density at radius 3 is 1.25 bits per heavy atom. The van der Waals surface area contributed by atoms with Gasteiger partial charge in [0.1, 0.15) is 70.3 Å². The number of nitrogens with zero attached hydrogens (tertiary/aromatic N) is 9. The molecule has 45 heteroatoms. The van der Waals surface area contributed by atoms with Crippen molar-refractivity contribution in [3.63, 3.8) is 0 Å². The van der Waals surface area contributed by atoms with Gasteiger partial charge in [-0.1, -0.05) is 0 Å². The first kappa shape index (κ1) is 107. The van der Waals surface area contributed by atoms with Crippen LogP contribution in [0.3, 0.4) is 0 Å². The Morgan fingerprint density at radius 2 is 0.852 bits per heavy atom. The zero-order valence-corrected chi connectivity index (χ0v) is 77.9. The molecular weight excluding hydrogens is 1720 g/mol. The molecule has 12 N–H and O–H groups in total. The van der Waals surface area contributed by atoms with Gasteiger partial charge < -0.3 is 114 Å². The van der Waals surface area contributed by atoms with Crippen LogP contribution in [0.4, 0.5) is 48.4 Å². The van der Waals surface area contributed by atoms with Crippen LogP contribution in [-0.2, 0) is 111 Å². The van der Waals surface area contributed by atoms with Crippen molar-refractivity contribution in [3.8, 4) is 0 Å². The number of carboxylic acid groups (broad SMARTS) is 2. The number of amides is 2. The first-order valence-electron chi connectivity index (χ1n) is 42.2. The van der Waals surface area contributed by atoms with E-state index in [2.05, 4.69) is 82.0 Å². The van der Waals surface area contributed by atoms with Crippen LogP contribution in [0, 0.1) is 0 Å². The van der Waals surface area contributed by atoms with E-state index in [9.17, 15) is 58.2 Å². The molecule has 2 saturated carbocycles. The van der Waals surface area contributed by atoms with Crippen molar-refractivity contribution in [2.24, 2.45) is 0 Å². The van der Waals surface area contributed by atoms with E-state index in [1.165, 1.54) is 75.2 Å². The second-order valence-electron chi connectivity index (χ2n) is 35.6. The highest BCUT2D eigenvalue weighted by molar-refractivity contribution is 6.28. The smallest absolute Gasteiger partial charge is 0.480 e. The van der Waals surface area contributed by atoms with Gasteiger partial charge in [-0.3, -0.25) is 34.4 Å². The van der Waals surface area contributed by atoms with Gasteiger partial charge in [0, 0.05) is 133 Å². The summed E-state index contributed by atoms with van der Waals surface area (Å²) in [5.41, 5.74) is 4.10. The van der Waals surface area contributed by atoms with Crippen molar-refractivity contribution < 1.29 is 130 Å². The van der Waals surface area contributed by atoms with E-state index in [1.54, 1.807) is 109 Å². The van der Waals surface area contributed by atoms with E-state index in [1.807, 2.05) is 6.07 Å². The molecule has 10 heterocycles. The number of carbonyl (C=O) groups excluding carboxylic acids is 8. The number of fused-ring (bicyclic) bond motifs is 2. The SMILES string of the molecule is CC(C)(C)OC(=O)OC(=O)OC(C)(C)C.COC(=O)[C@@H]1C[C@@H](O)CN1.COC(=O)[C@@H]1C[C@@H](O)CN1C(=O)OC(C)(C)C.COC(=O)[C@@H]1C[C@@H](OC)CN1.COC(=O)[C@@H]1C[C@@H](OC)CN1C(=O)OC(C)(C)C.CO[C@@H]1CC(C(=O)O)N(c2nc3c(c(Nc4cc(C5CC5)[nH]n4)n2)CCC3)C1.Cl.Clc1nc2c(c(Nc3cc(C4CC4)[nH]n3)n1)CCC2.O=C(O)[C@@H]1C[C@@H](O)CN1. The van der Waals surface area contributed by atoms with Crippen molar-refractivity contribution >= 4 is 114 Å². The number of anilines is 5. The predicted molar refractivity (Wildman–Crippen MR) is 463 cm³/mol. The third kappa shape index (κ3) is 34.6. The van der Waals surface area contributed by atoms with E-state index in [-0.39, 0.29) is 67.7 Å². The average molecular weight is 1850 g/mol. The number of aryl methyl sites for hydroxylation is 2. The number of methoxy groups -OCH3 is 7. The molecule has 43 nitrogen and oxygen atoms in total. The van der Waals surface area contributed by atoms with Crippen LogP contribution in [0.5, 0.6) is 0 Å². The van der Waals surface area contributed by atoms with E-state index in [0.717, 1.165) is 91.0 Å². The van der Waals surface area contributed by atoms with E-state index in [0.29, 0.717) is 81.4 Å². The van der Waals surface area contributed by atoms with Crippen molar-refractivity contribution in [2.75, 3.05) is 105 Å². The number of aliphatic hydroxyl groups excluding tert-OH is 3. The molecule has 8 fully saturated rings. The van der Waals surface area contributed by atoms with Gasteiger partial charge in [0.2, 0.25) is 11.2 Å². The number of nitrogens with one attached hydrogen (secondary N) is 7. The Hall–Kier alpha value is -9.70. The molecule has 4 aliphatic carbocycles. The Morgan fingerprint density at radius 1 is 0.445 bits per heavy atom. The molecule has 1 unspecified atom stereocenters. The van der Waals surface area contributed by atoms with Crippen LogP contribution in [0.15, 0.2) is 12.1 Å². The van der Waals surface area contributed by atoms with E-state index in [4.69, 9.17) is 74.8 Å². The number of ether oxygens (including phenoxy) is 12. The van der Waals surface area contributed by atoms with Gasteiger partial charge in [-0.05, 0) is 159 Å². The van der Waals surface area contributed by atoms with Crippen molar-refractivity contribution in [2.45, 2.75) is 293 Å². The number of aliphatic hydroxyl groups is 3. The van der Waals surface area contributed by atoms with E-state index >= 15 is 0 Å². The molecule has 128 heavy (non-hydrogen) atoms. The molecule has 2 amide bonds. The van der Waals surface area contributed by atoms with Gasteiger partial charge in [-0.2, -0.15) is 15.2 Å². The second kappa shape index (κ2) is 48.8. The Balaban J connectivity index is 0.000000231. The topological polar surface area (TPSA) is 561 Å². The molecule has 0 radical (unpaired) electrons. The average Bonchev–Trinajstić information content (AvgIpc) is 1.62. The fourth-order valence-corrected chi connectivity index (χ4v) is 14.3. The predicted octanol–water partition coefficient (Wildman–Crippen LogP) is 7.17. The number of likely N-dealkylation sites (tertiary alicyclic amines) is 2. The number of rotatable bonds is 16. The number of esters is 4. The number of β-amino-alcohol motifs (C(OH)–C–C–N with tert-alkyl or cyclic N) is 3. The zero-order chi connectivity index (χ0) is 94.2. The monoisotopic (exact) mass is 1850 g/mol. The molecule has 14 rings (SSSR count). The number of aromatic amines is 2. The standard InChI is InChI=1S/C19H24N6O3.C13H14ClN5.C12H21NO5.C11H19NO5.C10H18O5.C7H13NO3.C6H11NO3.C5H9NO3.ClH/c1-28-11-7-15(18(26)27)25(9-11)19-20-13-4-2-3-12(13)17(22-19)21-16-8-14(23-24-16)10-5-6-10;14-13-15-9-3-1-2-8(9)12(17-13)16-11-6-10(18-19-11)7-4-5-7;1-12(2,3)18-11(15)13-7-8(16-4)6-9(13)10(14)17-5;1-11(2,3)17-10(15)12-6-7(13)5-8(12)9(14)16-4;1-9(2,3)14-7(11)13-8(12)15-10(4,5)6;1-10-5-3-6(8-4-5)7(9)11-2;1-10-6(9)5-2-4(8)3-7-5;7-3-1-4(5(8)9)6-2-3;/h8,10-11,15H,2-7,9H2,1H3,(H,26,27)(H2,20,21,22,23,24);6-7H,1-5H2,(H2,15,16,17,18,19);8-9H,6-7H2,1-5H3;7-8,13H,5-6H2,1-4H3;1-6H3;5-6,8H,3-4H2,1-2H3;4-5,7-8H,2-3H2,1H3;3-4,6-7H,1-2H2,(H,8,9);1H/t11-,15?;;8-,9+;7-,8+;;5-,6+;4-,5+;3-,4+;/m1.11.111./s1. The number of hydrogen-bond acceptors (Lipinski definition) is 37. The highest BCUT2D eigenvalue weighted by Crippen LogP contribution is 2.42. The summed E-state index contributed by atoms with van der Waals surface area (Å²) in [5.74, 6) is 1.58. The summed E-state index contributed by atoms with van der Waals surface area (Å²) >= 11 is 5.97. The summed E-state index contributed by atoms with van der Waals surface area (Å²) in [6, 6.07) is 1.01. The zero-order valence-electron chi connectivity index (χ0n) is 76.3. The summed E-state index contributed by atoms with van der Waals surface area (Å²) in [4.78, 5) is 135. The van der Waals surface area contributed by atoms with Crippen LogP contribution in [-0.4, -0.2) is 320 Å². The summed E-state index contributed by atoms with van der Waals surface area (Å²) in [6.45, 7) is 23.1. The van der Waals surface area contributed by atoms with Gasteiger partial charge in [0.15, 0.2) is 11.6 Å². The molecule has 6 aliphatic heterocycles. The van der Waals surface area contributed by atoms with E-state index < -0.39 is 113 Å². The minimum atomic E-state index is -1.06. The quantitative estimate of drug-likeness (QED) is 0.0229. The number of carbonyl (C=O) groups is 10. The molecule has 4 aromatic rings. The van der Waals surface area contributed by atoms with Crippen molar-refractivity contribution in [1.29, 1.82) is 0 Å². The number of carboxylic acids is 2. The van der Waals surface area contributed by atoms with Crippen LogP contribution in [0.25, 0.3) is 0 Å². The minimum absolute atomic E-state index is 0. The highest BCUT2D eigenvalue weighted by Gasteiger charge is 2.45. The molecular formula is C83H130Cl2N16O27. The van der Waals surface area contributed by atoms with Crippen molar-refractivity contribution in [1.82, 2.24) is 66.1 Å². The van der Waals surface area contributed by atoms with Gasteiger partial charge in [-0.15, -0.1) is 12.4 Å². The minimum Gasteiger partial charge on any atom is -0.480 e. The van der Waals surface area contributed by atoms with Gasteiger partial charge in [0.05, 0.1) is 89.5 Å². The molecule has 6 saturated heterocycles. The first-order valence-corrected chi connectivity index (χ1v) is 42.6. The summed E-state index contributed by atoms with van der Waals surface area (Å²) in [6.07, 6.45) is 8.45. The molecule has 4 aromatic heterocycles. The largest absolute Gasteiger partial charge is 0.519 e. The van der Waals surface area contributed by atoms with Crippen LogP contribution in [0.2, 0.25) is 5.28 Å². The van der Waals surface area contributed by atoms with Gasteiger partial charge >= 0.3 is 60.3 Å². The molecule has 0 spiro atoms. The maximum Gasteiger partial charge on any atom is 0.519 e. The molecule has 12 atom stereocenters. The lowest BCUT2D eigenvalue weighted by atomic mass is 10.2. The van der Waals surface area contributed by atoms with Crippen LogP contribution in [0.1, 0.15) is 206 Å². The molecule has 0 bridgehead atoms. The molecule has 718 valence electrons. The van der Waals surface area contributed by atoms with Crippen LogP contribution < -0.4 is 31.5 Å². The van der Waals surface area contributed by atoms with Gasteiger partial charge in [0.25, 0.3) is 0 Å². The fraction of sp³-hybridized carbons (Fsp3) is 0.711. The lowest BCUT2D eigenvalue weighted by molar-refractivity contribution is -0.146. The third-order valence-corrected chi connectivity index (χ3v) is 20.8. The lowest BCUT2D eigenvalue weighted by Gasteiger charge is -2.27. The number of hydrogen-bond donors (Lipinski definition) is 12. The third-order valence-electron chi connectivity index (χ3n) is 20.6. The lowest BCUT2D eigenvalue weighted by Crippen LogP contribution is -2.44. The maximum atomic E-state index is 12.0. The maximum absolute atomic E-state index is 12.0. The Labute approximate surface area is 755 Å². The summed E-state index contributed by atoms with van der Waals surface area (Å²) in [7, 11) is 10.1. The fourth-order valence-electron chi connectivity index (χ4n) is 14.1.